The number of esters is 1. The number of rotatable bonds is 4. The number of hydrogen-bond acceptors (Lipinski definition) is 4. The third-order valence-corrected chi connectivity index (χ3v) is 5.17. The summed E-state index contributed by atoms with van der Waals surface area (Å²) in [5.74, 6) is -0.311. The molecule has 4 heteroatoms. The van der Waals surface area contributed by atoms with Gasteiger partial charge in [0, 0.05) is 6.42 Å². The summed E-state index contributed by atoms with van der Waals surface area (Å²) in [4.78, 5) is 17.9. The van der Waals surface area contributed by atoms with Gasteiger partial charge >= 0.3 is 5.97 Å². The smallest absolute Gasteiger partial charge is 0.338 e. The van der Waals surface area contributed by atoms with Crippen LogP contribution in [-0.4, -0.2) is 29.4 Å². The Labute approximate surface area is 153 Å². The highest BCUT2D eigenvalue weighted by atomic mass is 16.6. The van der Waals surface area contributed by atoms with Gasteiger partial charge < -0.3 is 9.47 Å². The molecule has 0 radical (unpaired) electrons. The van der Waals surface area contributed by atoms with Gasteiger partial charge in [0.25, 0.3) is 0 Å². The van der Waals surface area contributed by atoms with Crippen molar-refractivity contribution in [3.8, 4) is 0 Å². The molecule has 134 valence electrons. The predicted octanol–water partition coefficient (Wildman–Crippen LogP) is 3.89. The Hall–Kier alpha value is -2.46. The highest BCUT2D eigenvalue weighted by molar-refractivity contribution is 6.17. The summed E-state index contributed by atoms with van der Waals surface area (Å²) < 4.78 is 12.1. The Morgan fingerprint density at radius 3 is 2.31 bits per heavy atom. The van der Waals surface area contributed by atoms with E-state index in [9.17, 15) is 4.79 Å². The quantitative estimate of drug-likeness (QED) is 0.787. The van der Waals surface area contributed by atoms with E-state index in [1.807, 2.05) is 81.4 Å². The molecule has 2 aromatic rings. The first-order chi connectivity index (χ1) is 12.5. The van der Waals surface area contributed by atoms with Gasteiger partial charge in [-0.05, 0) is 31.9 Å². The van der Waals surface area contributed by atoms with Crippen molar-refractivity contribution in [3.63, 3.8) is 0 Å². The van der Waals surface area contributed by atoms with Crippen LogP contribution in [0.2, 0.25) is 0 Å². The molecule has 0 saturated carbocycles. The molecule has 2 aromatic carbocycles. The first-order valence-electron chi connectivity index (χ1n) is 9.04. The molecule has 0 bridgehead atoms. The lowest BCUT2D eigenvalue weighted by molar-refractivity contribution is -0.157. The van der Waals surface area contributed by atoms with Crippen LogP contribution in [0.4, 0.5) is 0 Å². The average Bonchev–Trinajstić information content (AvgIpc) is 2.82. The minimum absolute atomic E-state index is 0.311. The minimum atomic E-state index is -1.04. The van der Waals surface area contributed by atoms with Gasteiger partial charge in [0.2, 0.25) is 0 Å². The normalized spacial score (nSPS) is 28.7. The summed E-state index contributed by atoms with van der Waals surface area (Å²) in [6.07, 6.45) is 0.490. The number of fused-ring (bicyclic) bond motifs is 1. The second kappa shape index (κ2) is 5.78. The van der Waals surface area contributed by atoms with Crippen molar-refractivity contribution in [1.82, 2.24) is 0 Å². The number of hydrogen-bond donors (Lipinski definition) is 0. The van der Waals surface area contributed by atoms with Crippen molar-refractivity contribution in [2.24, 2.45) is 4.99 Å². The van der Waals surface area contributed by atoms with Gasteiger partial charge in [-0.15, -0.1) is 0 Å². The first kappa shape index (κ1) is 17.0. The lowest BCUT2D eigenvalue weighted by Gasteiger charge is -2.49. The molecule has 4 nitrogen and oxygen atoms in total. The third-order valence-electron chi connectivity index (χ3n) is 5.17. The number of aliphatic imine (C=N–C) groups is 1. The average molecular weight is 349 g/mol. The van der Waals surface area contributed by atoms with Crippen molar-refractivity contribution in [2.75, 3.05) is 6.61 Å². The Morgan fingerprint density at radius 2 is 1.69 bits per heavy atom. The predicted molar refractivity (Wildman–Crippen MR) is 100 cm³/mol. The third kappa shape index (κ3) is 2.18. The van der Waals surface area contributed by atoms with E-state index in [1.54, 1.807) is 0 Å². The molecule has 2 heterocycles. The van der Waals surface area contributed by atoms with Crippen molar-refractivity contribution in [1.29, 1.82) is 0 Å². The molecule has 1 fully saturated rings. The number of benzene rings is 2. The van der Waals surface area contributed by atoms with Crippen LogP contribution in [0.3, 0.4) is 0 Å². The summed E-state index contributed by atoms with van der Waals surface area (Å²) in [6.45, 7) is 6.16. The van der Waals surface area contributed by atoms with E-state index in [0.29, 0.717) is 13.0 Å². The Morgan fingerprint density at radius 1 is 1.08 bits per heavy atom. The molecule has 1 saturated heterocycles. The second-order valence-corrected chi connectivity index (χ2v) is 7.49. The van der Waals surface area contributed by atoms with Crippen LogP contribution < -0.4 is 0 Å². The molecular formula is C22H23NO3. The lowest BCUT2D eigenvalue weighted by Crippen LogP contribution is -2.65. The number of carbonyl (C=O) groups is 1. The summed E-state index contributed by atoms with van der Waals surface area (Å²) >= 11 is 0. The van der Waals surface area contributed by atoms with E-state index in [0.717, 1.165) is 16.8 Å². The van der Waals surface area contributed by atoms with Crippen molar-refractivity contribution < 1.29 is 14.3 Å². The Balaban J connectivity index is 1.96. The van der Waals surface area contributed by atoms with Crippen LogP contribution in [0.25, 0.3) is 0 Å². The van der Waals surface area contributed by atoms with Gasteiger partial charge in [0.05, 0.1) is 17.9 Å². The van der Waals surface area contributed by atoms with Gasteiger partial charge in [-0.3, -0.25) is 4.99 Å². The van der Waals surface area contributed by atoms with Crippen LogP contribution in [0, 0.1) is 0 Å². The Kier molecular flexibility index (Phi) is 3.77. The number of ether oxygens (including phenoxy) is 2. The van der Waals surface area contributed by atoms with E-state index in [-0.39, 0.29) is 5.97 Å². The first-order valence-corrected chi connectivity index (χ1v) is 9.04. The maximum absolute atomic E-state index is 13.1. The topological polar surface area (TPSA) is 47.9 Å². The highest BCUT2D eigenvalue weighted by Crippen LogP contribution is 2.61. The van der Waals surface area contributed by atoms with Crippen LogP contribution in [0.5, 0.6) is 0 Å². The van der Waals surface area contributed by atoms with Gasteiger partial charge in [-0.1, -0.05) is 60.7 Å². The van der Waals surface area contributed by atoms with E-state index in [1.165, 1.54) is 0 Å². The molecular weight excluding hydrogens is 326 g/mol. The van der Waals surface area contributed by atoms with Crippen LogP contribution >= 0.6 is 0 Å². The zero-order valence-corrected chi connectivity index (χ0v) is 15.4. The van der Waals surface area contributed by atoms with Crippen LogP contribution in [-0.2, 0) is 19.9 Å². The number of nitrogens with zero attached hydrogens (tertiary/aromatic N) is 1. The molecule has 0 amide bonds. The fourth-order valence-corrected chi connectivity index (χ4v) is 4.34. The zero-order valence-electron chi connectivity index (χ0n) is 15.4. The molecule has 4 rings (SSSR count). The maximum Gasteiger partial charge on any atom is 0.338 e. The molecule has 2 aliphatic heterocycles. The fraction of sp³-hybridized carbons (Fsp3) is 0.364. The molecule has 0 spiro atoms. The summed E-state index contributed by atoms with van der Waals surface area (Å²) in [6, 6.07) is 19.8. The van der Waals surface area contributed by atoms with Gasteiger partial charge in [0.1, 0.15) is 0 Å². The largest absolute Gasteiger partial charge is 0.464 e. The standard InChI is InChI=1S/C22H23NO3/c1-4-25-19(24)21-15-20(2,3)26-22(21,17-13-9-6-10-14-17)18(23-21)16-11-7-5-8-12-16/h5-14H,4,15H2,1-3H3/t21-,22+/m1/s1. The lowest BCUT2D eigenvalue weighted by atomic mass is 9.64. The SMILES string of the molecule is CCOC(=O)[C@]12CC(C)(C)O[C@@]1(c1ccccc1)C(c1ccccc1)=N2. The summed E-state index contributed by atoms with van der Waals surface area (Å²) in [5.41, 5.74) is 0.233. The van der Waals surface area contributed by atoms with Crippen molar-refractivity contribution in [3.05, 3.63) is 71.8 Å². The molecule has 0 unspecified atom stereocenters. The van der Waals surface area contributed by atoms with E-state index < -0.39 is 16.7 Å². The second-order valence-electron chi connectivity index (χ2n) is 7.49. The zero-order chi connectivity index (χ0) is 18.4. The molecule has 0 aliphatic carbocycles. The molecule has 2 atom stereocenters. The van der Waals surface area contributed by atoms with Crippen LogP contribution in [0.1, 0.15) is 38.3 Å². The minimum Gasteiger partial charge on any atom is -0.464 e. The summed E-state index contributed by atoms with van der Waals surface area (Å²) in [5, 5.41) is 0. The summed E-state index contributed by atoms with van der Waals surface area (Å²) in [7, 11) is 0. The van der Waals surface area contributed by atoms with Crippen LogP contribution in [0.15, 0.2) is 65.7 Å². The fourth-order valence-electron chi connectivity index (χ4n) is 4.34. The molecule has 0 aromatic heterocycles. The van der Waals surface area contributed by atoms with E-state index >= 15 is 0 Å². The molecule has 26 heavy (non-hydrogen) atoms. The van der Waals surface area contributed by atoms with Crippen molar-refractivity contribution >= 4 is 11.7 Å². The monoisotopic (exact) mass is 349 g/mol. The van der Waals surface area contributed by atoms with E-state index in [2.05, 4.69) is 0 Å². The van der Waals surface area contributed by atoms with Gasteiger partial charge in [-0.2, -0.15) is 0 Å². The van der Waals surface area contributed by atoms with Gasteiger partial charge in [-0.25, -0.2) is 4.79 Å². The maximum atomic E-state index is 13.1. The van der Waals surface area contributed by atoms with E-state index in [4.69, 9.17) is 14.5 Å². The molecule has 2 aliphatic rings. The van der Waals surface area contributed by atoms with Crippen molar-refractivity contribution in [2.45, 2.75) is 43.9 Å². The van der Waals surface area contributed by atoms with Gasteiger partial charge in [0.15, 0.2) is 11.1 Å². The highest BCUT2D eigenvalue weighted by Gasteiger charge is 2.76. The molecule has 0 N–H and O–H groups in total. The number of carbonyl (C=O) groups excluding carboxylic acids is 1. The Bertz CT molecular complexity index is 859.